The highest BCUT2D eigenvalue weighted by atomic mass is 79.9. The molecule has 4 aliphatic rings. The number of rotatable bonds is 17. The van der Waals surface area contributed by atoms with E-state index in [1.54, 1.807) is 17.1 Å². The lowest BCUT2D eigenvalue weighted by Crippen LogP contribution is -2.58. The van der Waals surface area contributed by atoms with Gasteiger partial charge in [-0.2, -0.15) is 0 Å². The van der Waals surface area contributed by atoms with E-state index in [2.05, 4.69) is 34.4 Å². The largest absolute Gasteiger partial charge is 0.455 e. The predicted molar refractivity (Wildman–Crippen MR) is 185 cm³/mol. The van der Waals surface area contributed by atoms with E-state index in [0.29, 0.717) is 50.8 Å². The molecule has 2 N–H and O–H groups in total. The van der Waals surface area contributed by atoms with Crippen molar-refractivity contribution >= 4 is 39.6 Å². The Morgan fingerprint density at radius 3 is 2.56 bits per heavy atom. The van der Waals surface area contributed by atoms with Crippen LogP contribution in [-0.4, -0.2) is 93.5 Å². The summed E-state index contributed by atoms with van der Waals surface area (Å²) in [7, 11) is 0. The van der Waals surface area contributed by atoms with E-state index in [4.69, 9.17) is 9.47 Å². The summed E-state index contributed by atoms with van der Waals surface area (Å²) >= 11 is 3.76. The molecular formula is C37H50BrN3O7. The number of amides is 3. The van der Waals surface area contributed by atoms with Gasteiger partial charge in [0.2, 0.25) is 17.7 Å². The Bertz CT molecular complexity index is 1320. The van der Waals surface area contributed by atoms with Gasteiger partial charge in [0.15, 0.2) is 0 Å². The van der Waals surface area contributed by atoms with Crippen molar-refractivity contribution in [3.8, 4) is 0 Å². The molecule has 10 nitrogen and oxygen atoms in total. The summed E-state index contributed by atoms with van der Waals surface area (Å²) in [6.07, 6.45) is 10.1. The quantitative estimate of drug-likeness (QED) is 0.104. The van der Waals surface area contributed by atoms with Gasteiger partial charge in [0.05, 0.1) is 24.5 Å². The minimum Gasteiger partial charge on any atom is -0.455 e. The molecule has 1 aliphatic carbocycles. The summed E-state index contributed by atoms with van der Waals surface area (Å²) in [5.41, 5.74) is -0.476. The standard InChI is InChI=1S/C37H50BrN3O7/c1-3-5-19-29(43)39-24-28(25-15-9-6-10-16-25)47-36(46)30-31-34(44)41(21-13-8-14-22-42)33(37(31)23-27(38)32(30)48-37)35(45)40(20-4-2)26-17-11-7-12-18-26/h3-4,6,9-10,15-16,26-28,30-33,42H,1-2,5,7-8,11-14,17-24H2,(H,39,43)/t27?,28-,30+,31-,32+,33+,37-/m1/s1. The van der Waals surface area contributed by atoms with Crippen molar-refractivity contribution in [2.75, 3.05) is 26.2 Å². The molecule has 11 heteroatoms. The summed E-state index contributed by atoms with van der Waals surface area (Å²) in [5, 5.41) is 12.2. The van der Waals surface area contributed by atoms with Gasteiger partial charge in [-0.15, -0.1) is 13.2 Å². The highest BCUT2D eigenvalue weighted by Gasteiger charge is 2.77. The van der Waals surface area contributed by atoms with E-state index < -0.39 is 41.7 Å². The second-order valence-corrected chi connectivity index (χ2v) is 14.7. The van der Waals surface area contributed by atoms with E-state index in [9.17, 15) is 24.3 Å². The third-order valence-electron chi connectivity index (χ3n) is 10.5. The van der Waals surface area contributed by atoms with Crippen molar-refractivity contribution in [3.05, 3.63) is 61.2 Å². The van der Waals surface area contributed by atoms with Crippen molar-refractivity contribution in [1.82, 2.24) is 15.1 Å². The van der Waals surface area contributed by atoms with Crippen LogP contribution in [-0.2, 0) is 28.7 Å². The summed E-state index contributed by atoms with van der Waals surface area (Å²) in [5.74, 6) is -3.00. The molecule has 3 saturated heterocycles. The van der Waals surface area contributed by atoms with Crippen LogP contribution in [0.3, 0.4) is 0 Å². The molecule has 3 heterocycles. The number of carbonyl (C=O) groups is 4. The second-order valence-electron chi connectivity index (χ2n) is 13.5. The molecule has 0 radical (unpaired) electrons. The zero-order chi connectivity index (χ0) is 34.3. The number of likely N-dealkylation sites (tertiary alicyclic amines) is 1. The first kappa shape index (κ1) is 36.3. The SMILES string of the molecule is C=CCCC(=O)NC[C@@H](OC(=O)[C@@H]1[C@H]2O[C@@]3(CC2Br)[C@H](C(=O)N(CC=C)C2CCCCC2)N(CCCCCO)C(=O)[C@@H]13)c1ccccc1. The van der Waals surface area contributed by atoms with E-state index in [-0.39, 0.29) is 48.2 Å². The molecule has 1 spiro atoms. The third-order valence-corrected chi connectivity index (χ3v) is 11.3. The zero-order valence-corrected chi connectivity index (χ0v) is 29.4. The Hall–Kier alpha value is -3.02. The molecule has 3 aliphatic heterocycles. The number of nitrogens with zero attached hydrogens (tertiary/aromatic N) is 2. The molecule has 1 aromatic rings. The van der Waals surface area contributed by atoms with Crippen LogP contribution in [0.15, 0.2) is 55.6 Å². The minimum atomic E-state index is -1.19. The van der Waals surface area contributed by atoms with Gasteiger partial charge in [-0.3, -0.25) is 19.2 Å². The van der Waals surface area contributed by atoms with Gasteiger partial charge in [-0.25, -0.2) is 0 Å². The van der Waals surface area contributed by atoms with Crippen LogP contribution in [0, 0.1) is 11.8 Å². The Balaban J connectivity index is 1.44. The van der Waals surface area contributed by atoms with E-state index in [0.717, 1.165) is 32.1 Å². The first-order chi connectivity index (χ1) is 23.3. The highest BCUT2D eigenvalue weighted by Crippen LogP contribution is 2.60. The number of benzene rings is 1. The Morgan fingerprint density at radius 1 is 1.12 bits per heavy atom. The number of carbonyl (C=O) groups excluding carboxylic acids is 4. The number of halogens is 1. The molecular weight excluding hydrogens is 678 g/mol. The van der Waals surface area contributed by atoms with Gasteiger partial charge in [0, 0.05) is 37.0 Å². The van der Waals surface area contributed by atoms with Crippen molar-refractivity contribution in [2.45, 2.75) is 105 Å². The molecule has 1 unspecified atom stereocenters. The van der Waals surface area contributed by atoms with Crippen molar-refractivity contribution in [3.63, 3.8) is 0 Å². The fourth-order valence-electron chi connectivity index (χ4n) is 8.24. The fraction of sp³-hybridized carbons (Fsp3) is 0.622. The molecule has 7 atom stereocenters. The first-order valence-electron chi connectivity index (χ1n) is 17.5. The topological polar surface area (TPSA) is 125 Å². The second kappa shape index (κ2) is 16.6. The molecule has 0 aromatic heterocycles. The summed E-state index contributed by atoms with van der Waals surface area (Å²) in [6.45, 7) is 8.43. The number of hydrogen-bond acceptors (Lipinski definition) is 7. The first-order valence-corrected chi connectivity index (χ1v) is 18.5. The maximum atomic E-state index is 14.8. The molecule has 1 aromatic carbocycles. The normalized spacial score (nSPS) is 28.5. The van der Waals surface area contributed by atoms with Crippen LogP contribution in [0.5, 0.6) is 0 Å². The summed E-state index contributed by atoms with van der Waals surface area (Å²) in [4.78, 5) is 59.3. The lowest BCUT2D eigenvalue weighted by Gasteiger charge is -2.41. The number of ether oxygens (including phenoxy) is 2. The molecule has 4 fully saturated rings. The van der Waals surface area contributed by atoms with Gasteiger partial charge >= 0.3 is 5.97 Å². The third kappa shape index (κ3) is 7.43. The van der Waals surface area contributed by atoms with Gasteiger partial charge in [0.25, 0.3) is 0 Å². The van der Waals surface area contributed by atoms with Gasteiger partial charge in [-0.1, -0.05) is 77.7 Å². The Labute approximate surface area is 292 Å². The number of nitrogens with one attached hydrogen (secondary N) is 1. The van der Waals surface area contributed by atoms with Gasteiger partial charge < -0.3 is 29.7 Å². The molecule has 2 bridgehead atoms. The van der Waals surface area contributed by atoms with Crippen LogP contribution in [0.25, 0.3) is 0 Å². The monoisotopic (exact) mass is 727 g/mol. The number of aliphatic hydroxyl groups excluding tert-OH is 1. The van der Waals surface area contributed by atoms with Crippen LogP contribution >= 0.6 is 15.9 Å². The summed E-state index contributed by atoms with van der Waals surface area (Å²) < 4.78 is 12.9. The Kier molecular flexibility index (Phi) is 12.5. The van der Waals surface area contributed by atoms with Crippen molar-refractivity contribution < 1.29 is 33.8 Å². The number of aliphatic hydroxyl groups is 1. The molecule has 48 heavy (non-hydrogen) atoms. The molecule has 5 rings (SSSR count). The average Bonchev–Trinajstić information content (AvgIpc) is 3.69. The van der Waals surface area contributed by atoms with Gasteiger partial charge in [-0.05, 0) is 50.5 Å². The maximum absolute atomic E-state index is 14.8. The fourth-order valence-corrected chi connectivity index (χ4v) is 9.18. The van der Waals surface area contributed by atoms with Crippen molar-refractivity contribution in [1.29, 1.82) is 0 Å². The van der Waals surface area contributed by atoms with Crippen LogP contribution in [0.4, 0.5) is 0 Å². The van der Waals surface area contributed by atoms with Crippen LogP contribution in [0.1, 0.15) is 82.3 Å². The average molecular weight is 729 g/mol. The van der Waals surface area contributed by atoms with Gasteiger partial charge in [0.1, 0.15) is 17.7 Å². The van der Waals surface area contributed by atoms with E-state index in [1.807, 2.05) is 35.2 Å². The number of allylic oxidation sites excluding steroid dienone is 1. The Morgan fingerprint density at radius 2 is 1.88 bits per heavy atom. The lowest BCUT2D eigenvalue weighted by atomic mass is 9.70. The highest BCUT2D eigenvalue weighted by molar-refractivity contribution is 9.09. The van der Waals surface area contributed by atoms with E-state index in [1.165, 1.54) is 0 Å². The van der Waals surface area contributed by atoms with E-state index >= 15 is 0 Å². The van der Waals surface area contributed by atoms with Crippen molar-refractivity contribution in [2.24, 2.45) is 11.8 Å². The van der Waals surface area contributed by atoms with Crippen LogP contribution in [0.2, 0.25) is 0 Å². The van der Waals surface area contributed by atoms with Crippen LogP contribution < -0.4 is 5.32 Å². The number of fused-ring (bicyclic) bond motifs is 1. The predicted octanol–water partition coefficient (Wildman–Crippen LogP) is 4.61. The molecule has 3 amide bonds. The summed E-state index contributed by atoms with van der Waals surface area (Å²) in [6, 6.07) is 8.38. The molecule has 1 saturated carbocycles. The lowest BCUT2D eigenvalue weighted by molar-refractivity contribution is -0.160. The number of unbranched alkanes of at least 4 members (excludes halogenated alkanes) is 2. The smallest absolute Gasteiger partial charge is 0.313 e. The minimum absolute atomic E-state index is 0.0542. The molecule has 262 valence electrons. The number of hydrogen-bond donors (Lipinski definition) is 2. The zero-order valence-electron chi connectivity index (χ0n) is 27.8. The number of alkyl halides is 1. The maximum Gasteiger partial charge on any atom is 0.313 e. The number of esters is 1.